The fraction of sp³-hybridized carbons (Fsp3) is 0.429. The highest BCUT2D eigenvalue weighted by Gasteiger charge is 2.21. The first kappa shape index (κ1) is 15.7. The summed E-state index contributed by atoms with van der Waals surface area (Å²) in [6.45, 7) is 2.13. The molecule has 0 amide bonds. The van der Waals surface area contributed by atoms with Crippen LogP contribution in [0.1, 0.15) is 30.5 Å². The predicted molar refractivity (Wildman–Crippen MR) is 77.1 cm³/mol. The number of hydrogen-bond acceptors (Lipinski definition) is 5. The van der Waals surface area contributed by atoms with Gasteiger partial charge in [0.25, 0.3) is 0 Å². The monoisotopic (exact) mass is 313 g/mol. The molecular formula is C14H17ClFN3O2. The average Bonchev–Trinajstić information content (AvgIpc) is 2.95. The van der Waals surface area contributed by atoms with E-state index in [1.807, 2.05) is 0 Å². The van der Waals surface area contributed by atoms with Gasteiger partial charge in [-0.15, -0.1) is 12.4 Å². The normalized spacial score (nSPS) is 15.5. The third-order valence-corrected chi connectivity index (χ3v) is 3.34. The standard InChI is InChI=1S/C14H16FN3O2.ClH/c15-11-2-1-3-12(8-11)19-9-13-17-14(20-18-13)10-4-6-16-7-5-10;/h1-3,8,10,16H,4-7,9H2;1H. The minimum Gasteiger partial charge on any atom is -0.485 e. The minimum absolute atomic E-state index is 0. The Labute approximate surface area is 128 Å². The maximum atomic E-state index is 13.0. The van der Waals surface area contributed by atoms with Gasteiger partial charge < -0.3 is 14.6 Å². The van der Waals surface area contributed by atoms with Crippen LogP contribution in [-0.2, 0) is 6.61 Å². The Morgan fingerprint density at radius 3 is 2.90 bits per heavy atom. The molecule has 1 aromatic heterocycles. The first-order valence-electron chi connectivity index (χ1n) is 6.73. The van der Waals surface area contributed by atoms with Crippen molar-refractivity contribution in [2.45, 2.75) is 25.4 Å². The Morgan fingerprint density at radius 1 is 1.33 bits per heavy atom. The van der Waals surface area contributed by atoms with Gasteiger partial charge in [-0.3, -0.25) is 0 Å². The summed E-state index contributed by atoms with van der Waals surface area (Å²) in [6, 6.07) is 5.99. The lowest BCUT2D eigenvalue weighted by atomic mass is 9.98. The van der Waals surface area contributed by atoms with E-state index in [2.05, 4.69) is 15.5 Å². The maximum Gasteiger partial charge on any atom is 0.229 e. The molecule has 7 heteroatoms. The first-order chi connectivity index (χ1) is 9.81. The number of benzene rings is 1. The summed E-state index contributed by atoms with van der Waals surface area (Å²) in [5, 5.41) is 7.20. The summed E-state index contributed by atoms with van der Waals surface area (Å²) in [6.07, 6.45) is 2.01. The molecule has 3 rings (SSSR count). The minimum atomic E-state index is -0.328. The summed E-state index contributed by atoms with van der Waals surface area (Å²) in [5.41, 5.74) is 0. The topological polar surface area (TPSA) is 60.2 Å². The Hall–Kier alpha value is -1.66. The van der Waals surface area contributed by atoms with Gasteiger partial charge in [-0.05, 0) is 38.1 Å². The molecule has 0 aliphatic carbocycles. The van der Waals surface area contributed by atoms with E-state index in [9.17, 15) is 4.39 Å². The maximum absolute atomic E-state index is 13.0. The van der Waals surface area contributed by atoms with Gasteiger partial charge in [0.2, 0.25) is 11.7 Å². The zero-order chi connectivity index (χ0) is 13.8. The molecule has 21 heavy (non-hydrogen) atoms. The molecule has 0 unspecified atom stereocenters. The van der Waals surface area contributed by atoms with Gasteiger partial charge in [-0.25, -0.2) is 4.39 Å². The van der Waals surface area contributed by atoms with Crippen molar-refractivity contribution in [1.82, 2.24) is 15.5 Å². The number of hydrogen-bond donors (Lipinski definition) is 1. The van der Waals surface area contributed by atoms with Crippen molar-refractivity contribution in [3.05, 3.63) is 41.8 Å². The number of nitrogens with zero attached hydrogens (tertiary/aromatic N) is 2. The van der Waals surface area contributed by atoms with Crippen molar-refractivity contribution < 1.29 is 13.7 Å². The summed E-state index contributed by atoms with van der Waals surface area (Å²) in [5.74, 6) is 1.61. The second kappa shape index (κ2) is 7.38. The zero-order valence-corrected chi connectivity index (χ0v) is 12.2. The van der Waals surface area contributed by atoms with E-state index in [-0.39, 0.29) is 24.8 Å². The van der Waals surface area contributed by atoms with Crippen molar-refractivity contribution in [2.24, 2.45) is 0 Å². The van der Waals surface area contributed by atoms with E-state index < -0.39 is 0 Å². The quantitative estimate of drug-likeness (QED) is 0.940. The number of aromatic nitrogens is 2. The highest BCUT2D eigenvalue weighted by Crippen LogP contribution is 2.23. The van der Waals surface area contributed by atoms with E-state index in [1.54, 1.807) is 12.1 Å². The van der Waals surface area contributed by atoms with Crippen molar-refractivity contribution in [3.8, 4) is 5.75 Å². The van der Waals surface area contributed by atoms with Crippen LogP contribution in [0.15, 0.2) is 28.8 Å². The van der Waals surface area contributed by atoms with Crippen LogP contribution in [0.4, 0.5) is 4.39 Å². The molecule has 5 nitrogen and oxygen atoms in total. The molecule has 1 aliphatic rings. The van der Waals surface area contributed by atoms with Gasteiger partial charge in [-0.1, -0.05) is 11.2 Å². The molecule has 2 heterocycles. The molecule has 1 saturated heterocycles. The predicted octanol–water partition coefficient (Wildman–Crippen LogP) is 2.68. The third-order valence-electron chi connectivity index (χ3n) is 3.34. The van der Waals surface area contributed by atoms with E-state index in [1.165, 1.54) is 12.1 Å². The van der Waals surface area contributed by atoms with Gasteiger partial charge in [0.15, 0.2) is 6.61 Å². The van der Waals surface area contributed by atoms with Crippen molar-refractivity contribution in [2.75, 3.05) is 13.1 Å². The lowest BCUT2D eigenvalue weighted by Gasteiger charge is -2.18. The van der Waals surface area contributed by atoms with E-state index in [4.69, 9.17) is 9.26 Å². The van der Waals surface area contributed by atoms with E-state index >= 15 is 0 Å². The Bertz CT molecular complexity index is 573. The number of ether oxygens (including phenoxy) is 1. The Morgan fingerprint density at radius 2 is 2.14 bits per heavy atom. The SMILES string of the molecule is Cl.Fc1cccc(OCc2noc(C3CCNCC3)n2)c1. The van der Waals surface area contributed by atoms with Crippen LogP contribution in [0.2, 0.25) is 0 Å². The number of piperidine rings is 1. The molecule has 0 radical (unpaired) electrons. The fourth-order valence-electron chi connectivity index (χ4n) is 2.27. The van der Waals surface area contributed by atoms with Crippen molar-refractivity contribution in [3.63, 3.8) is 0 Å². The fourth-order valence-corrected chi connectivity index (χ4v) is 2.27. The van der Waals surface area contributed by atoms with Crippen molar-refractivity contribution in [1.29, 1.82) is 0 Å². The number of halogens is 2. The average molecular weight is 314 g/mol. The summed E-state index contributed by atoms with van der Waals surface area (Å²) < 4.78 is 23.7. The molecule has 0 atom stereocenters. The van der Waals surface area contributed by atoms with Crippen LogP contribution in [0.3, 0.4) is 0 Å². The van der Waals surface area contributed by atoms with E-state index in [0.717, 1.165) is 25.9 Å². The number of rotatable bonds is 4. The molecule has 114 valence electrons. The lowest BCUT2D eigenvalue weighted by molar-refractivity contribution is 0.280. The van der Waals surface area contributed by atoms with Gasteiger partial charge in [-0.2, -0.15) is 4.98 Å². The molecule has 0 spiro atoms. The second-order valence-electron chi connectivity index (χ2n) is 4.82. The molecule has 1 fully saturated rings. The summed E-state index contributed by atoms with van der Waals surface area (Å²) >= 11 is 0. The van der Waals surface area contributed by atoms with Crippen LogP contribution in [0.25, 0.3) is 0 Å². The van der Waals surface area contributed by atoms with Gasteiger partial charge in [0.1, 0.15) is 11.6 Å². The van der Waals surface area contributed by atoms with Crippen LogP contribution in [0, 0.1) is 5.82 Å². The number of nitrogens with one attached hydrogen (secondary N) is 1. The van der Waals surface area contributed by atoms with Gasteiger partial charge >= 0.3 is 0 Å². The van der Waals surface area contributed by atoms with Crippen LogP contribution >= 0.6 is 12.4 Å². The van der Waals surface area contributed by atoms with Crippen molar-refractivity contribution >= 4 is 12.4 Å². The molecular weight excluding hydrogens is 297 g/mol. The molecule has 0 bridgehead atoms. The lowest BCUT2D eigenvalue weighted by Crippen LogP contribution is -2.26. The Kier molecular flexibility index (Phi) is 5.52. The largest absolute Gasteiger partial charge is 0.485 e. The highest BCUT2D eigenvalue weighted by atomic mass is 35.5. The summed E-state index contributed by atoms with van der Waals surface area (Å²) in [4.78, 5) is 4.35. The summed E-state index contributed by atoms with van der Waals surface area (Å²) in [7, 11) is 0. The first-order valence-corrected chi connectivity index (χ1v) is 6.73. The highest BCUT2D eigenvalue weighted by molar-refractivity contribution is 5.85. The van der Waals surface area contributed by atoms with Gasteiger partial charge in [0.05, 0.1) is 0 Å². The van der Waals surface area contributed by atoms with Crippen LogP contribution in [-0.4, -0.2) is 23.2 Å². The molecule has 1 aliphatic heterocycles. The molecule has 0 saturated carbocycles. The molecule has 1 N–H and O–H groups in total. The van der Waals surface area contributed by atoms with Gasteiger partial charge in [0, 0.05) is 12.0 Å². The van der Waals surface area contributed by atoms with Crippen LogP contribution in [0.5, 0.6) is 5.75 Å². The van der Waals surface area contributed by atoms with E-state index in [0.29, 0.717) is 23.4 Å². The second-order valence-corrected chi connectivity index (χ2v) is 4.82. The molecule has 2 aromatic rings. The van der Waals surface area contributed by atoms with Crippen LogP contribution < -0.4 is 10.1 Å². The molecule has 1 aromatic carbocycles. The third kappa shape index (κ3) is 4.15. The smallest absolute Gasteiger partial charge is 0.229 e. The Balaban J connectivity index is 0.00000161. The zero-order valence-electron chi connectivity index (χ0n) is 11.4.